The molecule has 0 spiro atoms. The zero-order valence-electron chi connectivity index (χ0n) is 16.1. The van der Waals surface area contributed by atoms with E-state index in [1.807, 2.05) is 0 Å². The number of sulfone groups is 1. The average molecular weight is 415 g/mol. The van der Waals surface area contributed by atoms with Gasteiger partial charge in [-0.2, -0.15) is 0 Å². The van der Waals surface area contributed by atoms with E-state index in [0.29, 0.717) is 17.9 Å². The van der Waals surface area contributed by atoms with Crippen LogP contribution in [0.4, 0.5) is 6.01 Å². The van der Waals surface area contributed by atoms with Crippen LogP contribution in [0.15, 0.2) is 57.8 Å². The largest absolute Gasteiger partial charge is 0.494 e. The zero-order valence-corrected chi connectivity index (χ0v) is 16.9. The van der Waals surface area contributed by atoms with Crippen molar-refractivity contribution < 1.29 is 22.4 Å². The Kier molecular flexibility index (Phi) is 6.28. The molecule has 0 aliphatic heterocycles. The van der Waals surface area contributed by atoms with E-state index in [4.69, 9.17) is 9.15 Å². The first-order chi connectivity index (χ1) is 13.9. The molecule has 1 N–H and O–H groups in total. The van der Waals surface area contributed by atoms with Gasteiger partial charge >= 0.3 is 6.01 Å². The molecule has 0 radical (unpaired) electrons. The van der Waals surface area contributed by atoms with Crippen molar-refractivity contribution >= 4 is 21.8 Å². The molecule has 0 aliphatic rings. The highest BCUT2D eigenvalue weighted by molar-refractivity contribution is 7.90. The number of carbonyl (C=O) groups excluding carboxylic acids is 1. The molecule has 1 heterocycles. The summed E-state index contributed by atoms with van der Waals surface area (Å²) in [5.74, 6) is 0.148. The molecule has 152 valence electrons. The molecular weight excluding hydrogens is 394 g/mol. The number of unbranched alkanes of at least 4 members (excludes halogenated alkanes) is 1. The molecule has 2 aromatic carbocycles. The number of nitrogens with zero attached hydrogens (tertiary/aromatic N) is 2. The molecule has 3 aromatic rings. The van der Waals surface area contributed by atoms with Crippen molar-refractivity contribution in [2.24, 2.45) is 0 Å². The van der Waals surface area contributed by atoms with E-state index < -0.39 is 15.7 Å². The van der Waals surface area contributed by atoms with Gasteiger partial charge in [-0.15, -0.1) is 5.10 Å². The van der Waals surface area contributed by atoms with E-state index in [1.54, 1.807) is 42.5 Å². The molecule has 8 nitrogen and oxygen atoms in total. The van der Waals surface area contributed by atoms with E-state index in [2.05, 4.69) is 22.4 Å². The lowest BCUT2D eigenvalue weighted by Gasteiger charge is -2.07. The minimum Gasteiger partial charge on any atom is -0.494 e. The molecule has 0 atom stereocenters. The quantitative estimate of drug-likeness (QED) is 0.560. The molecule has 9 heteroatoms. The Labute approximate surface area is 168 Å². The lowest BCUT2D eigenvalue weighted by Crippen LogP contribution is -2.12. The number of ether oxygens (including phenoxy) is 1. The fourth-order valence-electron chi connectivity index (χ4n) is 2.58. The summed E-state index contributed by atoms with van der Waals surface area (Å²) < 4.78 is 35.0. The van der Waals surface area contributed by atoms with Crippen molar-refractivity contribution in [3.63, 3.8) is 0 Å². The number of amides is 1. The van der Waals surface area contributed by atoms with Crippen LogP contribution < -0.4 is 10.1 Å². The van der Waals surface area contributed by atoms with E-state index in [9.17, 15) is 13.2 Å². The first-order valence-electron chi connectivity index (χ1n) is 9.05. The van der Waals surface area contributed by atoms with Gasteiger partial charge in [0.1, 0.15) is 5.75 Å². The van der Waals surface area contributed by atoms with Crippen LogP contribution in [0.5, 0.6) is 5.75 Å². The summed E-state index contributed by atoms with van der Waals surface area (Å²) in [6.45, 7) is 2.65. The van der Waals surface area contributed by atoms with Gasteiger partial charge in [0.2, 0.25) is 0 Å². The van der Waals surface area contributed by atoms with Crippen LogP contribution in [0.2, 0.25) is 0 Å². The zero-order chi connectivity index (χ0) is 20.9. The van der Waals surface area contributed by atoms with Crippen LogP contribution in [-0.4, -0.2) is 37.4 Å². The summed E-state index contributed by atoms with van der Waals surface area (Å²) in [5, 5.41) is 10.2. The van der Waals surface area contributed by atoms with Crippen molar-refractivity contribution in [1.82, 2.24) is 10.2 Å². The molecular formula is C20H21N3O5S. The highest BCUT2D eigenvalue weighted by atomic mass is 32.2. The van der Waals surface area contributed by atoms with Crippen molar-refractivity contribution in [1.29, 1.82) is 0 Å². The average Bonchev–Trinajstić information content (AvgIpc) is 3.16. The SMILES string of the molecule is CCCCOc1cccc(C(=O)Nc2nnc(-c3ccccc3S(C)(=O)=O)o2)c1. The summed E-state index contributed by atoms with van der Waals surface area (Å²) >= 11 is 0. The van der Waals surface area contributed by atoms with Crippen LogP contribution in [0.25, 0.3) is 11.5 Å². The molecule has 1 aromatic heterocycles. The Morgan fingerprint density at radius 3 is 2.69 bits per heavy atom. The van der Waals surface area contributed by atoms with Gasteiger partial charge < -0.3 is 9.15 Å². The minimum absolute atomic E-state index is 0.00188. The minimum atomic E-state index is -3.48. The molecule has 3 rings (SSSR count). The van der Waals surface area contributed by atoms with Gasteiger partial charge in [0.05, 0.1) is 17.1 Å². The Morgan fingerprint density at radius 1 is 1.14 bits per heavy atom. The molecule has 0 saturated heterocycles. The summed E-state index contributed by atoms with van der Waals surface area (Å²) in [4.78, 5) is 12.5. The van der Waals surface area contributed by atoms with Crippen LogP contribution >= 0.6 is 0 Å². The topological polar surface area (TPSA) is 111 Å². The molecule has 1 amide bonds. The van der Waals surface area contributed by atoms with E-state index in [-0.39, 0.29) is 22.4 Å². The Hall–Kier alpha value is -3.20. The number of aromatic nitrogens is 2. The first-order valence-corrected chi connectivity index (χ1v) is 10.9. The number of benzene rings is 2. The van der Waals surface area contributed by atoms with Crippen LogP contribution in [-0.2, 0) is 9.84 Å². The molecule has 0 unspecified atom stereocenters. The number of rotatable bonds is 8. The van der Waals surface area contributed by atoms with E-state index in [1.165, 1.54) is 6.07 Å². The van der Waals surface area contributed by atoms with Gasteiger partial charge in [-0.1, -0.05) is 36.6 Å². The molecule has 0 saturated carbocycles. The van der Waals surface area contributed by atoms with Gasteiger partial charge in [0, 0.05) is 11.8 Å². The van der Waals surface area contributed by atoms with Crippen LogP contribution in [0, 0.1) is 0 Å². The molecule has 0 bridgehead atoms. The third-order valence-electron chi connectivity index (χ3n) is 4.03. The molecule has 0 fully saturated rings. The second kappa shape index (κ2) is 8.87. The van der Waals surface area contributed by atoms with Crippen molar-refractivity contribution in [3.05, 3.63) is 54.1 Å². The predicted molar refractivity (Wildman–Crippen MR) is 108 cm³/mol. The Bertz CT molecular complexity index is 1110. The number of nitrogens with one attached hydrogen (secondary N) is 1. The number of anilines is 1. The fourth-order valence-corrected chi connectivity index (χ4v) is 3.46. The number of carbonyl (C=O) groups is 1. The lowest BCUT2D eigenvalue weighted by molar-refractivity contribution is 0.102. The monoisotopic (exact) mass is 415 g/mol. The summed E-state index contributed by atoms with van der Waals surface area (Å²) in [7, 11) is -3.48. The maximum Gasteiger partial charge on any atom is 0.322 e. The van der Waals surface area contributed by atoms with Crippen molar-refractivity contribution in [2.45, 2.75) is 24.7 Å². The number of hydrogen-bond donors (Lipinski definition) is 1. The summed E-state index contributed by atoms with van der Waals surface area (Å²) in [5.41, 5.74) is 0.643. The third-order valence-corrected chi connectivity index (χ3v) is 5.18. The Morgan fingerprint density at radius 2 is 1.93 bits per heavy atom. The van der Waals surface area contributed by atoms with Gasteiger partial charge in [0.25, 0.3) is 11.8 Å². The maximum atomic E-state index is 12.5. The standard InChI is InChI=1S/C20H21N3O5S/c1-3-4-12-27-15-9-7-8-14(13-15)18(24)21-20-23-22-19(28-20)16-10-5-6-11-17(16)29(2,25)26/h5-11,13H,3-4,12H2,1-2H3,(H,21,23,24). The number of hydrogen-bond acceptors (Lipinski definition) is 7. The van der Waals surface area contributed by atoms with Gasteiger partial charge in [-0.05, 0) is 36.8 Å². The second-order valence-electron chi connectivity index (χ2n) is 6.36. The van der Waals surface area contributed by atoms with Gasteiger partial charge in [0.15, 0.2) is 9.84 Å². The fraction of sp³-hybridized carbons (Fsp3) is 0.250. The van der Waals surface area contributed by atoms with Gasteiger partial charge in [-0.25, -0.2) is 8.42 Å². The smallest absolute Gasteiger partial charge is 0.322 e. The lowest BCUT2D eigenvalue weighted by atomic mass is 10.2. The molecule has 0 aliphatic carbocycles. The molecule has 29 heavy (non-hydrogen) atoms. The maximum absolute atomic E-state index is 12.5. The van der Waals surface area contributed by atoms with E-state index >= 15 is 0 Å². The predicted octanol–water partition coefficient (Wildman–Crippen LogP) is 3.57. The normalized spacial score (nSPS) is 11.2. The summed E-state index contributed by atoms with van der Waals surface area (Å²) in [6, 6.07) is 12.9. The first kappa shape index (κ1) is 20.5. The van der Waals surface area contributed by atoms with Crippen LogP contribution in [0.3, 0.4) is 0 Å². The summed E-state index contributed by atoms with van der Waals surface area (Å²) in [6.07, 6.45) is 3.04. The second-order valence-corrected chi connectivity index (χ2v) is 8.35. The van der Waals surface area contributed by atoms with Crippen LogP contribution in [0.1, 0.15) is 30.1 Å². The third kappa shape index (κ3) is 5.20. The Balaban J connectivity index is 1.76. The van der Waals surface area contributed by atoms with E-state index in [0.717, 1.165) is 19.1 Å². The highest BCUT2D eigenvalue weighted by Crippen LogP contribution is 2.27. The van der Waals surface area contributed by atoms with Crippen molar-refractivity contribution in [3.8, 4) is 17.2 Å². The van der Waals surface area contributed by atoms with Crippen molar-refractivity contribution in [2.75, 3.05) is 18.2 Å². The van der Waals surface area contributed by atoms with Gasteiger partial charge in [-0.3, -0.25) is 10.1 Å². The highest BCUT2D eigenvalue weighted by Gasteiger charge is 2.19.